The molecule has 2 unspecified atom stereocenters. The number of carbonyl (C=O) groups excluding carboxylic acids is 1. The maximum atomic E-state index is 12.1. The van der Waals surface area contributed by atoms with Crippen LogP contribution in [0.25, 0.3) is 4.96 Å². The summed E-state index contributed by atoms with van der Waals surface area (Å²) in [5, 5.41) is 13.5. The molecule has 0 radical (unpaired) electrons. The van der Waals surface area contributed by atoms with E-state index in [0.717, 1.165) is 0 Å². The van der Waals surface area contributed by atoms with Crippen LogP contribution in [-0.2, 0) is 0 Å². The average Bonchev–Trinajstić information content (AvgIpc) is 2.87. The van der Waals surface area contributed by atoms with E-state index in [-0.39, 0.29) is 29.7 Å². The molecule has 0 bridgehead atoms. The summed E-state index contributed by atoms with van der Waals surface area (Å²) < 4.78 is 1.35. The zero-order valence-electron chi connectivity index (χ0n) is 10.7. The Hall–Kier alpha value is -1.73. The Balaban J connectivity index is 2.27. The third kappa shape index (κ3) is 2.66. The van der Waals surface area contributed by atoms with Crippen molar-refractivity contribution >= 4 is 22.2 Å². The van der Waals surface area contributed by atoms with Crippen LogP contribution in [0, 0.1) is 5.92 Å². The van der Waals surface area contributed by atoms with Crippen molar-refractivity contribution in [2.45, 2.75) is 19.9 Å². The molecule has 1 amide bonds. The van der Waals surface area contributed by atoms with Crippen molar-refractivity contribution < 1.29 is 9.90 Å². The van der Waals surface area contributed by atoms with Gasteiger partial charge < -0.3 is 10.4 Å². The van der Waals surface area contributed by atoms with Gasteiger partial charge in [-0.05, 0) is 12.8 Å². The number of carbonyl (C=O) groups is 1. The summed E-state index contributed by atoms with van der Waals surface area (Å²) in [6.45, 7) is 3.58. The molecule has 2 rings (SSSR count). The van der Waals surface area contributed by atoms with Crippen molar-refractivity contribution in [2.75, 3.05) is 6.61 Å². The molecule has 7 heteroatoms. The van der Waals surface area contributed by atoms with E-state index < -0.39 is 5.91 Å². The Morgan fingerprint density at radius 1 is 1.58 bits per heavy atom. The van der Waals surface area contributed by atoms with E-state index in [9.17, 15) is 9.59 Å². The van der Waals surface area contributed by atoms with Gasteiger partial charge in [0.05, 0.1) is 0 Å². The van der Waals surface area contributed by atoms with E-state index in [0.29, 0.717) is 4.96 Å². The predicted octanol–water partition coefficient (Wildman–Crippen LogP) is 0.503. The summed E-state index contributed by atoms with van der Waals surface area (Å²) in [7, 11) is 0. The zero-order valence-corrected chi connectivity index (χ0v) is 11.5. The van der Waals surface area contributed by atoms with Gasteiger partial charge in [-0.15, -0.1) is 11.3 Å². The second-order valence-electron chi connectivity index (χ2n) is 4.45. The number of amides is 1. The number of hydrogen-bond acceptors (Lipinski definition) is 5. The minimum atomic E-state index is -0.467. The van der Waals surface area contributed by atoms with Crippen LogP contribution in [0.4, 0.5) is 0 Å². The van der Waals surface area contributed by atoms with Crippen molar-refractivity contribution in [1.82, 2.24) is 14.7 Å². The summed E-state index contributed by atoms with van der Waals surface area (Å²) >= 11 is 1.33. The molecule has 0 aromatic carbocycles. The molecule has 2 atom stereocenters. The highest BCUT2D eigenvalue weighted by molar-refractivity contribution is 7.15. The van der Waals surface area contributed by atoms with Crippen molar-refractivity contribution in [3.05, 3.63) is 33.7 Å². The van der Waals surface area contributed by atoms with Crippen LogP contribution < -0.4 is 10.9 Å². The van der Waals surface area contributed by atoms with E-state index >= 15 is 0 Å². The van der Waals surface area contributed by atoms with Gasteiger partial charge in [-0.2, -0.15) is 0 Å². The van der Waals surface area contributed by atoms with Gasteiger partial charge in [-0.3, -0.25) is 14.0 Å². The van der Waals surface area contributed by atoms with Gasteiger partial charge in [0.2, 0.25) is 0 Å². The molecule has 0 spiro atoms. The molecule has 0 fully saturated rings. The lowest BCUT2D eigenvalue weighted by molar-refractivity contribution is 0.0914. The third-order valence-corrected chi connectivity index (χ3v) is 3.86. The number of aliphatic hydroxyl groups is 1. The molecule has 2 N–H and O–H groups in total. The second kappa shape index (κ2) is 5.50. The Bertz CT molecular complexity index is 649. The molecule has 6 nitrogen and oxygen atoms in total. The number of rotatable bonds is 4. The van der Waals surface area contributed by atoms with E-state index in [2.05, 4.69) is 10.3 Å². The summed E-state index contributed by atoms with van der Waals surface area (Å²) in [4.78, 5) is 28.7. The molecule has 0 saturated carbocycles. The van der Waals surface area contributed by atoms with Gasteiger partial charge in [0, 0.05) is 30.4 Å². The maximum Gasteiger partial charge on any atom is 0.271 e. The Morgan fingerprint density at radius 3 is 3.00 bits per heavy atom. The predicted molar refractivity (Wildman–Crippen MR) is 72.5 cm³/mol. The Morgan fingerprint density at radius 2 is 2.32 bits per heavy atom. The number of aromatic nitrogens is 2. The topological polar surface area (TPSA) is 83.7 Å². The van der Waals surface area contributed by atoms with Crippen molar-refractivity contribution in [3.8, 4) is 0 Å². The molecular formula is C12H15N3O3S. The van der Waals surface area contributed by atoms with Crippen LogP contribution in [0.5, 0.6) is 0 Å². The SMILES string of the molecule is CC(CO)C(C)NC(=O)c1cnc2sccn2c1=O. The largest absolute Gasteiger partial charge is 0.396 e. The van der Waals surface area contributed by atoms with Crippen molar-refractivity contribution in [2.24, 2.45) is 5.92 Å². The Labute approximate surface area is 113 Å². The van der Waals surface area contributed by atoms with Crippen LogP contribution in [0.2, 0.25) is 0 Å². The lowest BCUT2D eigenvalue weighted by Crippen LogP contribution is -2.40. The van der Waals surface area contributed by atoms with Crippen LogP contribution >= 0.6 is 11.3 Å². The molecule has 19 heavy (non-hydrogen) atoms. The first-order chi connectivity index (χ1) is 9.04. The lowest BCUT2D eigenvalue weighted by Gasteiger charge is -2.18. The van der Waals surface area contributed by atoms with Crippen molar-refractivity contribution in [1.29, 1.82) is 0 Å². The monoisotopic (exact) mass is 281 g/mol. The van der Waals surface area contributed by atoms with Gasteiger partial charge >= 0.3 is 0 Å². The quantitative estimate of drug-likeness (QED) is 0.855. The molecule has 2 aromatic heterocycles. The van der Waals surface area contributed by atoms with E-state index in [1.54, 1.807) is 18.5 Å². The minimum Gasteiger partial charge on any atom is -0.396 e. The molecular weight excluding hydrogens is 266 g/mol. The molecule has 102 valence electrons. The molecule has 0 aliphatic carbocycles. The van der Waals surface area contributed by atoms with Gasteiger partial charge in [0.1, 0.15) is 5.56 Å². The van der Waals surface area contributed by atoms with Gasteiger partial charge in [-0.25, -0.2) is 4.98 Å². The van der Waals surface area contributed by atoms with Gasteiger partial charge in [0.15, 0.2) is 4.96 Å². The number of fused-ring (bicyclic) bond motifs is 1. The first kappa shape index (κ1) is 13.7. The van der Waals surface area contributed by atoms with Gasteiger partial charge in [0.25, 0.3) is 11.5 Å². The number of aliphatic hydroxyl groups excluding tert-OH is 1. The first-order valence-corrected chi connectivity index (χ1v) is 6.79. The first-order valence-electron chi connectivity index (χ1n) is 5.91. The maximum absolute atomic E-state index is 12.1. The third-order valence-electron chi connectivity index (χ3n) is 3.09. The van der Waals surface area contributed by atoms with E-state index in [1.807, 2.05) is 6.92 Å². The van der Waals surface area contributed by atoms with Crippen molar-refractivity contribution in [3.63, 3.8) is 0 Å². The number of nitrogens with zero attached hydrogens (tertiary/aromatic N) is 2. The summed E-state index contributed by atoms with van der Waals surface area (Å²) in [6, 6.07) is -0.222. The molecule has 2 heterocycles. The number of thiazole rings is 1. The number of hydrogen-bond donors (Lipinski definition) is 2. The fourth-order valence-corrected chi connectivity index (χ4v) is 2.24. The minimum absolute atomic E-state index is 0.00731. The van der Waals surface area contributed by atoms with Crippen LogP contribution in [0.3, 0.4) is 0 Å². The fourth-order valence-electron chi connectivity index (χ4n) is 1.57. The van der Waals surface area contributed by atoms with E-state index in [1.165, 1.54) is 21.9 Å². The normalized spacial score (nSPS) is 14.3. The fraction of sp³-hybridized carbons (Fsp3) is 0.417. The molecule has 0 aliphatic heterocycles. The lowest BCUT2D eigenvalue weighted by atomic mass is 10.1. The average molecular weight is 281 g/mol. The van der Waals surface area contributed by atoms with Crippen LogP contribution in [-0.4, -0.2) is 33.0 Å². The molecule has 0 aliphatic rings. The summed E-state index contributed by atoms with van der Waals surface area (Å²) in [6.07, 6.45) is 2.88. The second-order valence-corrected chi connectivity index (χ2v) is 5.33. The Kier molecular flexibility index (Phi) is 3.96. The molecule has 2 aromatic rings. The molecule has 0 saturated heterocycles. The smallest absolute Gasteiger partial charge is 0.271 e. The van der Waals surface area contributed by atoms with Crippen LogP contribution in [0.1, 0.15) is 24.2 Å². The highest BCUT2D eigenvalue weighted by atomic mass is 32.1. The van der Waals surface area contributed by atoms with Crippen LogP contribution in [0.15, 0.2) is 22.6 Å². The van der Waals surface area contributed by atoms with Gasteiger partial charge in [-0.1, -0.05) is 6.92 Å². The van der Waals surface area contributed by atoms with E-state index in [4.69, 9.17) is 5.11 Å². The standard InChI is InChI=1S/C12H15N3O3S/c1-7(6-16)8(2)14-10(17)9-5-13-12-15(11(9)18)3-4-19-12/h3-5,7-8,16H,6H2,1-2H3,(H,14,17). The summed E-state index contributed by atoms with van der Waals surface area (Å²) in [5.41, 5.74) is -0.375. The summed E-state index contributed by atoms with van der Waals surface area (Å²) in [5.74, 6) is -0.546. The highest BCUT2D eigenvalue weighted by Crippen LogP contribution is 2.06. The highest BCUT2D eigenvalue weighted by Gasteiger charge is 2.18. The number of nitrogens with one attached hydrogen (secondary N) is 1. The zero-order chi connectivity index (χ0) is 14.0.